The van der Waals surface area contributed by atoms with Crippen LogP contribution >= 0.6 is 0 Å². The number of rotatable bonds is 10. The van der Waals surface area contributed by atoms with Crippen molar-refractivity contribution in [3.63, 3.8) is 0 Å². The molecule has 29 heavy (non-hydrogen) atoms. The van der Waals surface area contributed by atoms with Crippen molar-refractivity contribution in [1.29, 1.82) is 0 Å². The molecule has 2 rings (SSSR count). The van der Waals surface area contributed by atoms with Crippen LogP contribution in [0.25, 0.3) is 0 Å². The maximum atomic E-state index is 13.0. The maximum Gasteiger partial charge on any atom is 0.306 e. The molecule has 3 heteroatoms. The van der Waals surface area contributed by atoms with Crippen LogP contribution in [-0.4, -0.2) is 18.4 Å². The molecule has 0 fully saturated rings. The molecule has 0 aromatic heterocycles. The van der Waals surface area contributed by atoms with Crippen molar-refractivity contribution in [2.24, 2.45) is 5.92 Å². The number of unbranched alkanes of at least 4 members (excludes halogenated alkanes) is 3. The van der Waals surface area contributed by atoms with Crippen LogP contribution in [0.4, 0.5) is 0 Å². The SMILES string of the molecule is CCCCCCC(CC(=O)OCC)C(=O)c1ccc(C#Cc2ccccc2)cc1. The van der Waals surface area contributed by atoms with Crippen molar-refractivity contribution >= 4 is 11.8 Å². The van der Waals surface area contributed by atoms with Gasteiger partial charge >= 0.3 is 5.97 Å². The molecule has 0 radical (unpaired) electrons. The van der Waals surface area contributed by atoms with Gasteiger partial charge in [0, 0.05) is 22.6 Å². The Bertz CT molecular complexity index is 826. The lowest BCUT2D eigenvalue weighted by atomic mass is 9.89. The van der Waals surface area contributed by atoms with Gasteiger partial charge in [0.25, 0.3) is 0 Å². The fourth-order valence-electron chi connectivity index (χ4n) is 3.18. The summed E-state index contributed by atoms with van der Waals surface area (Å²) in [7, 11) is 0. The van der Waals surface area contributed by atoms with Gasteiger partial charge in [-0.1, -0.05) is 74.8 Å². The second-order valence-electron chi connectivity index (χ2n) is 7.11. The minimum Gasteiger partial charge on any atom is -0.466 e. The summed E-state index contributed by atoms with van der Waals surface area (Å²) >= 11 is 0. The molecule has 0 aliphatic rings. The molecule has 2 aromatic rings. The second-order valence-corrected chi connectivity index (χ2v) is 7.11. The van der Waals surface area contributed by atoms with Crippen LogP contribution in [0.15, 0.2) is 54.6 Å². The first-order valence-corrected chi connectivity index (χ1v) is 10.5. The highest BCUT2D eigenvalue weighted by molar-refractivity contribution is 5.99. The number of Topliss-reactive ketones (excluding diaryl/α,β-unsaturated/α-hetero) is 1. The highest BCUT2D eigenvalue weighted by Gasteiger charge is 2.23. The molecule has 0 N–H and O–H groups in total. The first-order valence-electron chi connectivity index (χ1n) is 10.5. The Kier molecular flexibility index (Phi) is 9.72. The quantitative estimate of drug-likeness (QED) is 0.223. The minimum absolute atomic E-state index is 0.0112. The molecule has 1 atom stereocenters. The fourth-order valence-corrected chi connectivity index (χ4v) is 3.18. The summed E-state index contributed by atoms with van der Waals surface area (Å²) in [4.78, 5) is 25.0. The molecule has 0 aliphatic carbocycles. The van der Waals surface area contributed by atoms with Gasteiger partial charge in [-0.25, -0.2) is 0 Å². The van der Waals surface area contributed by atoms with E-state index in [1.165, 1.54) is 0 Å². The van der Waals surface area contributed by atoms with Crippen molar-refractivity contribution < 1.29 is 14.3 Å². The summed E-state index contributed by atoms with van der Waals surface area (Å²) in [6, 6.07) is 17.1. The van der Waals surface area contributed by atoms with E-state index in [-0.39, 0.29) is 24.1 Å². The molecule has 2 aromatic carbocycles. The van der Waals surface area contributed by atoms with E-state index in [1.54, 1.807) is 6.92 Å². The first-order chi connectivity index (χ1) is 14.1. The third-order valence-electron chi connectivity index (χ3n) is 4.79. The summed E-state index contributed by atoms with van der Waals surface area (Å²) in [5, 5.41) is 0. The molecule has 0 amide bonds. The molecule has 0 bridgehead atoms. The standard InChI is InChI=1S/C26H30O3/c1-3-5-6-10-13-24(20-25(27)29-4-2)26(28)23-18-16-22(17-19-23)15-14-21-11-8-7-9-12-21/h7-9,11-12,16-19,24H,3-6,10,13,20H2,1-2H3. The van der Waals surface area contributed by atoms with Crippen LogP contribution in [0.1, 0.15) is 73.9 Å². The first kappa shape index (κ1) is 22.4. The largest absolute Gasteiger partial charge is 0.466 e. The van der Waals surface area contributed by atoms with E-state index in [2.05, 4.69) is 18.8 Å². The monoisotopic (exact) mass is 390 g/mol. The molecule has 1 unspecified atom stereocenters. The van der Waals surface area contributed by atoms with E-state index < -0.39 is 0 Å². The molecule has 0 spiro atoms. The summed E-state index contributed by atoms with van der Waals surface area (Å²) in [6.45, 7) is 4.28. The van der Waals surface area contributed by atoms with E-state index in [4.69, 9.17) is 4.74 Å². The molecule has 3 nitrogen and oxygen atoms in total. The molecule has 0 aliphatic heterocycles. The van der Waals surface area contributed by atoms with Gasteiger partial charge in [0.2, 0.25) is 0 Å². The zero-order chi connectivity index (χ0) is 20.9. The smallest absolute Gasteiger partial charge is 0.306 e. The van der Waals surface area contributed by atoms with Crippen LogP contribution in [0, 0.1) is 17.8 Å². The van der Waals surface area contributed by atoms with Crippen LogP contribution in [0.5, 0.6) is 0 Å². The Labute approximate surface area is 174 Å². The molecule has 0 saturated carbocycles. The third-order valence-corrected chi connectivity index (χ3v) is 4.79. The predicted molar refractivity (Wildman–Crippen MR) is 117 cm³/mol. The Morgan fingerprint density at radius 2 is 1.52 bits per heavy atom. The highest BCUT2D eigenvalue weighted by atomic mass is 16.5. The maximum absolute atomic E-state index is 13.0. The van der Waals surface area contributed by atoms with Gasteiger partial charge in [-0.2, -0.15) is 0 Å². The fraction of sp³-hybridized carbons (Fsp3) is 0.385. The third kappa shape index (κ3) is 7.95. The van der Waals surface area contributed by atoms with Gasteiger partial charge in [-0.05, 0) is 37.6 Å². The summed E-state index contributed by atoms with van der Waals surface area (Å²) < 4.78 is 5.07. The van der Waals surface area contributed by atoms with Crippen LogP contribution in [0.3, 0.4) is 0 Å². The number of ketones is 1. The Balaban J connectivity index is 2.06. The number of ether oxygens (including phenoxy) is 1. The molecule has 0 saturated heterocycles. The van der Waals surface area contributed by atoms with Crippen LogP contribution in [-0.2, 0) is 9.53 Å². The molecular weight excluding hydrogens is 360 g/mol. The van der Waals surface area contributed by atoms with Crippen molar-refractivity contribution in [2.75, 3.05) is 6.61 Å². The van der Waals surface area contributed by atoms with Crippen LogP contribution < -0.4 is 0 Å². The second kappa shape index (κ2) is 12.6. The van der Waals surface area contributed by atoms with Crippen LogP contribution in [0.2, 0.25) is 0 Å². The highest BCUT2D eigenvalue weighted by Crippen LogP contribution is 2.21. The van der Waals surface area contributed by atoms with E-state index >= 15 is 0 Å². The van der Waals surface area contributed by atoms with E-state index in [0.717, 1.165) is 36.8 Å². The van der Waals surface area contributed by atoms with Crippen molar-refractivity contribution in [3.05, 3.63) is 71.3 Å². The normalized spacial score (nSPS) is 11.2. The Morgan fingerprint density at radius 3 is 2.14 bits per heavy atom. The molecule has 0 heterocycles. The van der Waals surface area contributed by atoms with E-state index in [1.807, 2.05) is 54.6 Å². The van der Waals surface area contributed by atoms with E-state index in [9.17, 15) is 9.59 Å². The van der Waals surface area contributed by atoms with Gasteiger partial charge in [0.15, 0.2) is 5.78 Å². The zero-order valence-electron chi connectivity index (χ0n) is 17.4. The number of carbonyl (C=O) groups excluding carboxylic acids is 2. The van der Waals surface area contributed by atoms with Crippen molar-refractivity contribution in [3.8, 4) is 11.8 Å². The lowest BCUT2D eigenvalue weighted by Crippen LogP contribution is -2.20. The summed E-state index contributed by atoms with van der Waals surface area (Å²) in [5.41, 5.74) is 2.43. The predicted octanol–water partition coefficient (Wildman–Crippen LogP) is 5.81. The number of esters is 1. The lowest BCUT2D eigenvalue weighted by Gasteiger charge is -2.15. The molecular formula is C26H30O3. The average Bonchev–Trinajstić information content (AvgIpc) is 2.75. The number of hydrogen-bond acceptors (Lipinski definition) is 3. The van der Waals surface area contributed by atoms with Crippen molar-refractivity contribution in [2.45, 2.75) is 52.4 Å². The van der Waals surface area contributed by atoms with E-state index in [0.29, 0.717) is 18.6 Å². The van der Waals surface area contributed by atoms with Gasteiger partial charge in [-0.15, -0.1) is 0 Å². The number of hydrogen-bond donors (Lipinski definition) is 0. The average molecular weight is 391 g/mol. The van der Waals surface area contributed by atoms with Gasteiger partial charge in [0.1, 0.15) is 0 Å². The summed E-state index contributed by atoms with van der Waals surface area (Å²) in [6.07, 6.45) is 5.18. The lowest BCUT2D eigenvalue weighted by molar-refractivity contribution is -0.143. The van der Waals surface area contributed by atoms with Gasteiger partial charge in [0.05, 0.1) is 13.0 Å². The molecule has 152 valence electrons. The van der Waals surface area contributed by atoms with Gasteiger partial charge < -0.3 is 4.74 Å². The topological polar surface area (TPSA) is 43.4 Å². The van der Waals surface area contributed by atoms with Gasteiger partial charge in [-0.3, -0.25) is 9.59 Å². The Morgan fingerprint density at radius 1 is 0.862 bits per heavy atom. The minimum atomic E-state index is -0.327. The summed E-state index contributed by atoms with van der Waals surface area (Å²) in [5.74, 6) is 5.62. The Hall–Kier alpha value is -2.86. The van der Waals surface area contributed by atoms with Crippen molar-refractivity contribution in [1.82, 2.24) is 0 Å². The number of benzene rings is 2. The number of carbonyl (C=O) groups is 2. The zero-order valence-corrected chi connectivity index (χ0v) is 17.4.